The van der Waals surface area contributed by atoms with Crippen molar-refractivity contribution in [2.24, 2.45) is 0 Å². The van der Waals surface area contributed by atoms with Crippen LogP contribution in [0.25, 0.3) is 0 Å². The van der Waals surface area contributed by atoms with E-state index in [2.05, 4.69) is 12.2 Å². The van der Waals surface area contributed by atoms with Crippen molar-refractivity contribution in [3.05, 3.63) is 11.8 Å². The van der Waals surface area contributed by atoms with Gasteiger partial charge in [-0.05, 0) is 40.5 Å². The maximum atomic E-state index is 11.9. The van der Waals surface area contributed by atoms with Gasteiger partial charge in [0.2, 0.25) is 0 Å². The van der Waals surface area contributed by atoms with Gasteiger partial charge in [0.15, 0.2) is 0 Å². The van der Waals surface area contributed by atoms with Gasteiger partial charge >= 0.3 is 13.1 Å². The number of unbranched alkanes of at least 4 members (excludes halogenated alkanes) is 1. The summed E-state index contributed by atoms with van der Waals surface area (Å²) < 4.78 is 17.2. The predicted octanol–water partition coefficient (Wildman–Crippen LogP) is 2.21. The third-order valence-electron chi connectivity index (χ3n) is 4.47. The largest absolute Gasteiger partial charge is 0.482 e. The fraction of sp³-hybridized carbons (Fsp3) is 0.800. The lowest BCUT2D eigenvalue weighted by molar-refractivity contribution is -0.139. The summed E-state index contributed by atoms with van der Waals surface area (Å²) in [5.41, 5.74) is -0.196. The summed E-state index contributed by atoms with van der Waals surface area (Å²) in [6, 6.07) is 0. The summed E-state index contributed by atoms with van der Waals surface area (Å²) >= 11 is 0. The minimum absolute atomic E-state index is 0.0419. The van der Waals surface area contributed by atoms with Gasteiger partial charge in [-0.25, -0.2) is 4.79 Å². The molecule has 2 heterocycles. The molecular weight excluding hydrogens is 269 g/mol. The van der Waals surface area contributed by atoms with Gasteiger partial charge in [-0.15, -0.1) is 0 Å². The van der Waals surface area contributed by atoms with Crippen LogP contribution in [0, 0.1) is 0 Å². The highest BCUT2D eigenvalue weighted by Gasteiger charge is 2.54. The molecular formula is C15H26BNO4. The number of hydrogen-bond acceptors (Lipinski definition) is 5. The Morgan fingerprint density at radius 3 is 2.57 bits per heavy atom. The van der Waals surface area contributed by atoms with Crippen molar-refractivity contribution in [3.8, 4) is 0 Å². The fourth-order valence-corrected chi connectivity index (χ4v) is 2.32. The van der Waals surface area contributed by atoms with Crippen LogP contribution in [0.5, 0.6) is 0 Å². The van der Waals surface area contributed by atoms with E-state index in [-0.39, 0.29) is 30.2 Å². The second-order valence-corrected chi connectivity index (χ2v) is 6.72. The zero-order chi connectivity index (χ0) is 15.7. The van der Waals surface area contributed by atoms with Crippen LogP contribution in [0.15, 0.2) is 11.8 Å². The van der Waals surface area contributed by atoms with Crippen molar-refractivity contribution in [3.63, 3.8) is 0 Å². The fourth-order valence-electron chi connectivity index (χ4n) is 2.32. The zero-order valence-electron chi connectivity index (χ0n) is 13.7. The van der Waals surface area contributed by atoms with Crippen LogP contribution >= 0.6 is 0 Å². The van der Waals surface area contributed by atoms with Crippen LogP contribution in [0.3, 0.4) is 0 Å². The van der Waals surface area contributed by atoms with E-state index in [4.69, 9.17) is 14.0 Å². The molecule has 21 heavy (non-hydrogen) atoms. The lowest BCUT2D eigenvalue weighted by Gasteiger charge is -2.32. The first-order valence-electron chi connectivity index (χ1n) is 7.76. The number of carbonyl (C=O) groups excluding carboxylic acids is 1. The van der Waals surface area contributed by atoms with Gasteiger partial charge in [-0.3, -0.25) is 0 Å². The number of esters is 1. The molecule has 5 nitrogen and oxygen atoms in total. The molecule has 1 unspecified atom stereocenters. The molecule has 118 valence electrons. The Balaban J connectivity index is 1.86. The molecule has 0 aliphatic carbocycles. The Morgan fingerprint density at radius 2 is 2.00 bits per heavy atom. The molecule has 1 atom stereocenters. The molecule has 0 aromatic carbocycles. The van der Waals surface area contributed by atoms with Crippen molar-refractivity contribution < 1.29 is 18.8 Å². The van der Waals surface area contributed by atoms with Gasteiger partial charge < -0.3 is 19.4 Å². The van der Waals surface area contributed by atoms with Crippen LogP contribution in [0.2, 0.25) is 0 Å². The summed E-state index contributed by atoms with van der Waals surface area (Å²) in [5.74, 6) is -0.331. The van der Waals surface area contributed by atoms with E-state index in [1.807, 2.05) is 33.8 Å². The van der Waals surface area contributed by atoms with Crippen LogP contribution in [-0.2, 0) is 18.8 Å². The molecule has 0 saturated carbocycles. The molecule has 0 bridgehead atoms. The molecule has 1 fully saturated rings. The van der Waals surface area contributed by atoms with E-state index in [0.29, 0.717) is 18.7 Å². The van der Waals surface area contributed by atoms with Gasteiger partial charge in [0.25, 0.3) is 0 Å². The van der Waals surface area contributed by atoms with Crippen LogP contribution in [-0.4, -0.2) is 36.8 Å². The average Bonchev–Trinajstić information content (AvgIpc) is 2.93. The standard InChI is InChI=1S/C15H26BNO4/c1-6-7-10-19-13(18)11-8-9-12(17-11)16-20-14(2,3)15(4,5)21-16/h8,12,17H,6-7,9-10H2,1-5H3. The van der Waals surface area contributed by atoms with Crippen molar-refractivity contribution in [2.75, 3.05) is 6.61 Å². The molecule has 2 aliphatic rings. The van der Waals surface area contributed by atoms with Crippen molar-refractivity contribution in [1.29, 1.82) is 0 Å². The van der Waals surface area contributed by atoms with Gasteiger partial charge in [0, 0.05) is 0 Å². The molecule has 0 spiro atoms. The summed E-state index contributed by atoms with van der Waals surface area (Å²) in [7, 11) is -0.354. The minimum atomic E-state index is -0.357. The van der Waals surface area contributed by atoms with Crippen molar-refractivity contribution >= 4 is 13.1 Å². The molecule has 1 saturated heterocycles. The smallest absolute Gasteiger partial charge is 0.461 e. The Labute approximate surface area is 127 Å². The normalized spacial score (nSPS) is 26.4. The average molecular weight is 295 g/mol. The van der Waals surface area contributed by atoms with E-state index in [9.17, 15) is 4.79 Å². The molecule has 2 rings (SSSR count). The van der Waals surface area contributed by atoms with Gasteiger partial charge in [-0.2, -0.15) is 0 Å². The number of ether oxygens (including phenoxy) is 1. The van der Waals surface area contributed by atoms with Crippen molar-refractivity contribution in [2.45, 2.75) is 71.0 Å². The zero-order valence-corrected chi connectivity index (χ0v) is 13.7. The highest BCUT2D eigenvalue weighted by molar-refractivity contribution is 6.48. The molecule has 2 aliphatic heterocycles. The van der Waals surface area contributed by atoms with E-state index < -0.39 is 0 Å². The summed E-state index contributed by atoms with van der Waals surface area (Å²) in [6.07, 6.45) is 4.47. The quantitative estimate of drug-likeness (QED) is 0.479. The third-order valence-corrected chi connectivity index (χ3v) is 4.47. The first-order valence-corrected chi connectivity index (χ1v) is 7.76. The maximum absolute atomic E-state index is 11.9. The topological polar surface area (TPSA) is 56.8 Å². The van der Waals surface area contributed by atoms with Crippen LogP contribution in [0.4, 0.5) is 0 Å². The third kappa shape index (κ3) is 3.43. The van der Waals surface area contributed by atoms with Crippen LogP contribution in [0.1, 0.15) is 53.9 Å². The van der Waals surface area contributed by atoms with E-state index in [0.717, 1.165) is 12.8 Å². The summed E-state index contributed by atoms with van der Waals surface area (Å²) in [6.45, 7) is 10.6. The Bertz CT molecular complexity index is 417. The SMILES string of the molecule is CCCCOC(=O)C1=CCC(B2OC(C)(C)C(C)(C)O2)N1. The Kier molecular flexibility index (Phi) is 4.68. The monoisotopic (exact) mass is 295 g/mol. The predicted molar refractivity (Wildman–Crippen MR) is 81.6 cm³/mol. The second-order valence-electron chi connectivity index (χ2n) is 6.72. The molecule has 0 radical (unpaired) electrons. The van der Waals surface area contributed by atoms with Gasteiger partial charge in [0.1, 0.15) is 5.70 Å². The number of hydrogen-bond donors (Lipinski definition) is 1. The molecule has 1 N–H and O–H groups in total. The number of carbonyl (C=O) groups is 1. The first kappa shape index (κ1) is 16.4. The highest BCUT2D eigenvalue weighted by atomic mass is 16.7. The second kappa shape index (κ2) is 6.01. The van der Waals surface area contributed by atoms with Gasteiger partial charge in [-0.1, -0.05) is 19.4 Å². The lowest BCUT2D eigenvalue weighted by Crippen LogP contribution is -2.43. The molecule has 0 aromatic rings. The van der Waals surface area contributed by atoms with Gasteiger partial charge in [0.05, 0.1) is 23.8 Å². The number of rotatable bonds is 5. The van der Waals surface area contributed by atoms with E-state index >= 15 is 0 Å². The molecule has 0 aromatic heterocycles. The molecule has 0 amide bonds. The molecule has 6 heteroatoms. The Hall–Kier alpha value is -1.01. The maximum Gasteiger partial charge on any atom is 0.482 e. The summed E-state index contributed by atoms with van der Waals surface area (Å²) in [4.78, 5) is 11.9. The minimum Gasteiger partial charge on any atom is -0.461 e. The summed E-state index contributed by atoms with van der Waals surface area (Å²) in [5, 5.41) is 3.17. The lowest BCUT2D eigenvalue weighted by atomic mass is 9.77. The van der Waals surface area contributed by atoms with E-state index in [1.54, 1.807) is 0 Å². The number of nitrogens with one attached hydrogen (secondary N) is 1. The highest BCUT2D eigenvalue weighted by Crippen LogP contribution is 2.38. The van der Waals surface area contributed by atoms with Crippen molar-refractivity contribution in [1.82, 2.24) is 5.32 Å². The van der Waals surface area contributed by atoms with E-state index in [1.165, 1.54) is 0 Å². The van der Waals surface area contributed by atoms with Crippen LogP contribution < -0.4 is 5.32 Å². The Morgan fingerprint density at radius 1 is 1.38 bits per heavy atom. The first-order chi connectivity index (χ1) is 9.77.